The van der Waals surface area contributed by atoms with Crippen LogP contribution in [-0.2, 0) is 6.18 Å². The smallest absolute Gasteiger partial charge is 0.307 e. The Bertz CT molecular complexity index is 975. The molecule has 1 heterocycles. The first-order valence-corrected chi connectivity index (χ1v) is 7.13. The van der Waals surface area contributed by atoms with Crippen LogP contribution < -0.4 is 5.32 Å². The SMILES string of the molecule is Cc1cc2c(F)cccc2n1C(=O)Nc1ccc(F)c(C(F)(F)F)c1. The number of amides is 1. The lowest BCUT2D eigenvalue weighted by Crippen LogP contribution is -2.21. The minimum atomic E-state index is -4.88. The predicted octanol–water partition coefficient (Wildman–Crippen LogP) is 5.33. The van der Waals surface area contributed by atoms with Gasteiger partial charge in [0.05, 0.1) is 11.1 Å². The molecule has 0 saturated heterocycles. The number of anilines is 1. The number of nitrogens with zero attached hydrogens (tertiary/aromatic N) is 1. The van der Waals surface area contributed by atoms with E-state index in [9.17, 15) is 26.7 Å². The summed E-state index contributed by atoms with van der Waals surface area (Å²) < 4.78 is 66.5. The Balaban J connectivity index is 1.99. The number of fused-ring (bicyclic) bond motifs is 1. The van der Waals surface area contributed by atoms with E-state index in [1.807, 2.05) is 0 Å². The average molecular weight is 354 g/mol. The Morgan fingerprint density at radius 3 is 2.44 bits per heavy atom. The number of halogens is 5. The van der Waals surface area contributed by atoms with Gasteiger partial charge in [0.15, 0.2) is 0 Å². The Hall–Kier alpha value is -2.90. The molecule has 0 saturated carbocycles. The van der Waals surface area contributed by atoms with E-state index < -0.39 is 29.4 Å². The molecular weight excluding hydrogens is 343 g/mol. The van der Waals surface area contributed by atoms with E-state index in [0.717, 1.165) is 10.6 Å². The summed E-state index contributed by atoms with van der Waals surface area (Å²) in [7, 11) is 0. The second kappa shape index (κ2) is 5.87. The second-order valence-electron chi connectivity index (χ2n) is 5.42. The number of nitrogens with one attached hydrogen (secondary N) is 1. The first-order chi connectivity index (χ1) is 11.7. The van der Waals surface area contributed by atoms with Gasteiger partial charge in [-0.1, -0.05) is 6.07 Å². The highest BCUT2D eigenvalue weighted by Gasteiger charge is 2.34. The minimum Gasteiger partial charge on any atom is -0.307 e. The van der Waals surface area contributed by atoms with E-state index in [-0.39, 0.29) is 16.6 Å². The first-order valence-electron chi connectivity index (χ1n) is 7.13. The molecule has 3 aromatic rings. The highest BCUT2D eigenvalue weighted by molar-refractivity contribution is 5.99. The fraction of sp³-hybridized carbons (Fsp3) is 0.118. The summed E-state index contributed by atoms with van der Waals surface area (Å²) in [4.78, 5) is 12.4. The summed E-state index contributed by atoms with van der Waals surface area (Å²) in [5.74, 6) is -1.96. The van der Waals surface area contributed by atoms with Crippen molar-refractivity contribution in [3.63, 3.8) is 0 Å². The van der Waals surface area contributed by atoms with Crippen molar-refractivity contribution in [2.75, 3.05) is 5.32 Å². The van der Waals surface area contributed by atoms with Crippen molar-refractivity contribution in [1.29, 1.82) is 0 Å². The van der Waals surface area contributed by atoms with Crippen molar-refractivity contribution in [2.45, 2.75) is 13.1 Å². The minimum absolute atomic E-state index is 0.213. The van der Waals surface area contributed by atoms with Crippen molar-refractivity contribution in [1.82, 2.24) is 4.57 Å². The number of hydrogen-bond donors (Lipinski definition) is 1. The van der Waals surface area contributed by atoms with Crippen LogP contribution in [0.3, 0.4) is 0 Å². The first kappa shape index (κ1) is 16.9. The molecule has 130 valence electrons. The summed E-state index contributed by atoms with van der Waals surface area (Å²) >= 11 is 0. The van der Waals surface area contributed by atoms with Gasteiger partial charge in [0, 0.05) is 16.8 Å². The van der Waals surface area contributed by atoms with Gasteiger partial charge in [-0.25, -0.2) is 13.6 Å². The van der Waals surface area contributed by atoms with Gasteiger partial charge in [0.2, 0.25) is 0 Å². The number of carbonyl (C=O) groups excluding carboxylic acids is 1. The zero-order valence-corrected chi connectivity index (χ0v) is 12.8. The molecule has 1 amide bonds. The highest BCUT2D eigenvalue weighted by atomic mass is 19.4. The summed E-state index contributed by atoms with van der Waals surface area (Å²) in [5, 5.41) is 2.48. The molecule has 0 fully saturated rings. The van der Waals surface area contributed by atoms with Crippen LogP contribution in [-0.4, -0.2) is 10.6 Å². The third-order valence-electron chi connectivity index (χ3n) is 3.70. The number of hydrogen-bond acceptors (Lipinski definition) is 1. The van der Waals surface area contributed by atoms with Crippen molar-refractivity contribution >= 4 is 22.6 Å². The maximum absolute atomic E-state index is 13.8. The lowest BCUT2D eigenvalue weighted by atomic mass is 10.2. The van der Waals surface area contributed by atoms with Crippen molar-refractivity contribution in [3.05, 3.63) is 65.4 Å². The molecule has 0 atom stereocenters. The molecule has 0 aliphatic heterocycles. The zero-order valence-electron chi connectivity index (χ0n) is 12.8. The number of alkyl halides is 3. The number of aromatic nitrogens is 1. The molecule has 8 heteroatoms. The van der Waals surface area contributed by atoms with E-state index in [0.29, 0.717) is 17.8 Å². The quantitative estimate of drug-likeness (QED) is 0.589. The topological polar surface area (TPSA) is 34.0 Å². The second-order valence-corrected chi connectivity index (χ2v) is 5.42. The lowest BCUT2D eigenvalue weighted by Gasteiger charge is -2.12. The van der Waals surface area contributed by atoms with Gasteiger partial charge in [-0.15, -0.1) is 0 Å². The summed E-state index contributed by atoms with van der Waals surface area (Å²) in [5.41, 5.74) is -1.04. The van der Waals surface area contributed by atoms with E-state index in [1.54, 1.807) is 6.92 Å². The number of rotatable bonds is 1. The summed E-state index contributed by atoms with van der Waals surface area (Å²) in [6.45, 7) is 1.56. The monoisotopic (exact) mass is 354 g/mol. The van der Waals surface area contributed by atoms with Crippen LogP contribution in [0.4, 0.5) is 32.4 Å². The molecule has 2 aromatic carbocycles. The summed E-state index contributed by atoms with van der Waals surface area (Å²) in [6, 6.07) is 6.99. The van der Waals surface area contributed by atoms with Gasteiger partial charge in [0.25, 0.3) is 0 Å². The largest absolute Gasteiger partial charge is 0.419 e. The fourth-order valence-electron chi connectivity index (χ4n) is 2.60. The van der Waals surface area contributed by atoms with Gasteiger partial charge in [-0.05, 0) is 43.3 Å². The number of benzene rings is 2. The van der Waals surface area contributed by atoms with E-state index in [4.69, 9.17) is 0 Å². The van der Waals surface area contributed by atoms with E-state index in [1.165, 1.54) is 24.3 Å². The summed E-state index contributed by atoms with van der Waals surface area (Å²) in [6.07, 6.45) is -4.88. The number of aryl methyl sites for hydroxylation is 1. The Morgan fingerprint density at radius 2 is 1.76 bits per heavy atom. The van der Waals surface area contributed by atoms with Crippen LogP contribution in [0, 0.1) is 18.6 Å². The molecule has 25 heavy (non-hydrogen) atoms. The molecule has 0 radical (unpaired) electrons. The zero-order chi connectivity index (χ0) is 18.4. The molecule has 0 spiro atoms. The predicted molar refractivity (Wildman–Crippen MR) is 82.5 cm³/mol. The number of carbonyl (C=O) groups is 1. The van der Waals surface area contributed by atoms with Crippen LogP contribution >= 0.6 is 0 Å². The Labute approximate surface area is 138 Å². The van der Waals surface area contributed by atoms with Gasteiger partial charge >= 0.3 is 12.2 Å². The Morgan fingerprint density at radius 1 is 1.04 bits per heavy atom. The molecule has 0 aliphatic carbocycles. The van der Waals surface area contributed by atoms with Crippen LogP contribution in [0.5, 0.6) is 0 Å². The molecular formula is C17H11F5N2O. The average Bonchev–Trinajstić information content (AvgIpc) is 2.86. The molecule has 0 unspecified atom stereocenters. The standard InChI is InChI=1S/C17H11F5N2O/c1-9-7-11-13(18)3-2-4-15(11)24(9)16(25)23-10-5-6-14(19)12(8-10)17(20,21)22/h2-8H,1H3,(H,23,25). The van der Waals surface area contributed by atoms with Crippen molar-refractivity contribution < 1.29 is 26.7 Å². The maximum Gasteiger partial charge on any atom is 0.419 e. The van der Waals surface area contributed by atoms with Crippen molar-refractivity contribution in [3.8, 4) is 0 Å². The van der Waals surface area contributed by atoms with Crippen LogP contribution in [0.1, 0.15) is 11.3 Å². The highest BCUT2D eigenvalue weighted by Crippen LogP contribution is 2.33. The fourth-order valence-corrected chi connectivity index (χ4v) is 2.60. The molecule has 3 rings (SSSR count). The van der Waals surface area contributed by atoms with Crippen LogP contribution in [0.15, 0.2) is 42.5 Å². The Kier molecular flexibility index (Phi) is 3.98. The van der Waals surface area contributed by atoms with Gasteiger partial charge in [-0.2, -0.15) is 13.2 Å². The lowest BCUT2D eigenvalue weighted by molar-refractivity contribution is -0.139. The van der Waals surface area contributed by atoms with Gasteiger partial charge in [0.1, 0.15) is 11.6 Å². The molecule has 1 aromatic heterocycles. The third kappa shape index (κ3) is 3.07. The van der Waals surface area contributed by atoms with Gasteiger partial charge < -0.3 is 5.32 Å². The maximum atomic E-state index is 13.8. The molecule has 0 bridgehead atoms. The molecule has 3 nitrogen and oxygen atoms in total. The van der Waals surface area contributed by atoms with Crippen LogP contribution in [0.25, 0.3) is 10.9 Å². The van der Waals surface area contributed by atoms with Crippen LogP contribution in [0.2, 0.25) is 0 Å². The van der Waals surface area contributed by atoms with Crippen molar-refractivity contribution in [2.24, 2.45) is 0 Å². The third-order valence-corrected chi connectivity index (χ3v) is 3.70. The van der Waals surface area contributed by atoms with E-state index >= 15 is 0 Å². The van der Waals surface area contributed by atoms with E-state index in [2.05, 4.69) is 5.32 Å². The normalized spacial score (nSPS) is 11.8. The van der Waals surface area contributed by atoms with Gasteiger partial charge in [-0.3, -0.25) is 4.57 Å². The molecule has 1 N–H and O–H groups in total. The molecule has 0 aliphatic rings.